The predicted molar refractivity (Wildman–Crippen MR) is 106 cm³/mol. The summed E-state index contributed by atoms with van der Waals surface area (Å²) >= 11 is 1.12. The van der Waals surface area contributed by atoms with E-state index in [1.54, 1.807) is 7.11 Å². The molecule has 1 amide bonds. The van der Waals surface area contributed by atoms with Crippen LogP contribution in [0.15, 0.2) is 47.6 Å². The number of hydrogen-bond acceptors (Lipinski definition) is 5. The molecular formula is C20H22F3N3O2S. The van der Waals surface area contributed by atoms with Crippen molar-refractivity contribution in [1.82, 2.24) is 10.3 Å². The first-order chi connectivity index (χ1) is 13.8. The molecule has 156 valence electrons. The molecule has 1 saturated heterocycles. The third kappa shape index (κ3) is 6.03. The molecule has 0 aliphatic carbocycles. The lowest BCUT2D eigenvalue weighted by Gasteiger charge is -2.34. The molecule has 0 saturated carbocycles. The number of anilines is 1. The second kappa shape index (κ2) is 9.39. The Morgan fingerprint density at radius 2 is 1.90 bits per heavy atom. The van der Waals surface area contributed by atoms with E-state index >= 15 is 0 Å². The van der Waals surface area contributed by atoms with E-state index in [-0.39, 0.29) is 17.7 Å². The van der Waals surface area contributed by atoms with Crippen LogP contribution in [0.1, 0.15) is 18.4 Å². The van der Waals surface area contributed by atoms with E-state index in [1.807, 2.05) is 24.3 Å². The van der Waals surface area contributed by atoms with Gasteiger partial charge in [0, 0.05) is 31.0 Å². The largest absolute Gasteiger partial charge is 0.497 e. The fraction of sp³-hybridized carbons (Fsp3) is 0.400. The molecule has 0 bridgehead atoms. The molecule has 3 rings (SSSR count). The van der Waals surface area contributed by atoms with Crippen LogP contribution >= 0.6 is 11.8 Å². The van der Waals surface area contributed by atoms with Crippen molar-refractivity contribution in [2.45, 2.75) is 30.1 Å². The van der Waals surface area contributed by atoms with E-state index in [0.29, 0.717) is 5.03 Å². The Balaban J connectivity index is 1.41. The Labute approximate surface area is 171 Å². The highest BCUT2D eigenvalue weighted by Crippen LogP contribution is 2.29. The van der Waals surface area contributed by atoms with Crippen LogP contribution in [0.2, 0.25) is 0 Å². The zero-order chi connectivity index (χ0) is 20.9. The van der Waals surface area contributed by atoms with Gasteiger partial charge in [0.1, 0.15) is 5.75 Å². The van der Waals surface area contributed by atoms with Crippen LogP contribution in [-0.4, -0.2) is 42.9 Å². The Hall–Kier alpha value is -2.42. The van der Waals surface area contributed by atoms with E-state index in [1.165, 1.54) is 6.07 Å². The molecule has 0 unspecified atom stereocenters. The maximum atomic E-state index is 12.5. The van der Waals surface area contributed by atoms with Crippen molar-refractivity contribution in [3.63, 3.8) is 0 Å². The Morgan fingerprint density at radius 3 is 2.45 bits per heavy atom. The second-order valence-electron chi connectivity index (χ2n) is 6.70. The summed E-state index contributed by atoms with van der Waals surface area (Å²) in [5.74, 6) is 0.798. The Morgan fingerprint density at radius 1 is 1.21 bits per heavy atom. The van der Waals surface area contributed by atoms with Crippen LogP contribution in [0.25, 0.3) is 0 Å². The molecule has 0 spiro atoms. The molecule has 1 N–H and O–H groups in total. The first-order valence-electron chi connectivity index (χ1n) is 9.19. The van der Waals surface area contributed by atoms with Gasteiger partial charge in [-0.05, 0) is 49.2 Å². The molecule has 1 aliphatic heterocycles. The summed E-state index contributed by atoms with van der Waals surface area (Å²) in [5.41, 5.74) is 0.328. The molecular weight excluding hydrogens is 403 g/mol. The molecule has 0 atom stereocenters. The number of pyridine rings is 1. The fourth-order valence-corrected chi connectivity index (χ4v) is 3.77. The first kappa shape index (κ1) is 21.3. The van der Waals surface area contributed by atoms with Crippen molar-refractivity contribution < 1.29 is 22.7 Å². The third-order valence-corrected chi connectivity index (χ3v) is 5.66. The first-order valence-corrected chi connectivity index (χ1v) is 10.2. The minimum atomic E-state index is -4.41. The van der Waals surface area contributed by atoms with Crippen molar-refractivity contribution in [2.24, 2.45) is 0 Å². The lowest BCUT2D eigenvalue weighted by atomic mass is 10.0. The van der Waals surface area contributed by atoms with Gasteiger partial charge in [-0.15, -0.1) is 0 Å². The minimum Gasteiger partial charge on any atom is -0.497 e. The predicted octanol–water partition coefficient (Wildman–Crippen LogP) is 3.99. The number of amides is 1. The number of aromatic nitrogens is 1. The van der Waals surface area contributed by atoms with E-state index < -0.39 is 11.7 Å². The van der Waals surface area contributed by atoms with E-state index in [2.05, 4.69) is 15.2 Å². The maximum absolute atomic E-state index is 12.5. The van der Waals surface area contributed by atoms with E-state index in [9.17, 15) is 18.0 Å². The summed E-state index contributed by atoms with van der Waals surface area (Å²) in [6, 6.07) is 10.2. The SMILES string of the molecule is COc1ccc(N2CCC(NC(=O)CSc3ccc(C(F)(F)F)cn3)CC2)cc1. The lowest BCUT2D eigenvalue weighted by molar-refractivity contribution is -0.137. The molecule has 1 aliphatic rings. The number of nitrogens with zero attached hydrogens (tertiary/aromatic N) is 2. The average Bonchev–Trinajstić information content (AvgIpc) is 2.72. The number of rotatable bonds is 6. The number of ether oxygens (including phenoxy) is 1. The second-order valence-corrected chi connectivity index (χ2v) is 7.69. The van der Waals surface area contributed by atoms with Crippen molar-refractivity contribution in [3.8, 4) is 5.75 Å². The van der Waals surface area contributed by atoms with Gasteiger partial charge in [0.2, 0.25) is 5.91 Å². The highest BCUT2D eigenvalue weighted by atomic mass is 32.2. The van der Waals surface area contributed by atoms with Gasteiger partial charge in [-0.25, -0.2) is 4.98 Å². The summed E-state index contributed by atoms with van der Waals surface area (Å²) < 4.78 is 42.8. The smallest absolute Gasteiger partial charge is 0.417 e. The van der Waals surface area contributed by atoms with Crippen molar-refractivity contribution in [1.29, 1.82) is 0 Å². The van der Waals surface area contributed by atoms with Crippen LogP contribution in [0.3, 0.4) is 0 Å². The van der Waals surface area contributed by atoms with E-state index in [0.717, 1.165) is 61.4 Å². The average molecular weight is 425 g/mol. The van der Waals surface area contributed by atoms with Gasteiger partial charge in [-0.2, -0.15) is 13.2 Å². The number of benzene rings is 1. The number of carbonyl (C=O) groups is 1. The highest BCUT2D eigenvalue weighted by Gasteiger charge is 2.30. The quantitative estimate of drug-likeness (QED) is 0.710. The van der Waals surface area contributed by atoms with Gasteiger partial charge in [0.25, 0.3) is 0 Å². The van der Waals surface area contributed by atoms with Gasteiger partial charge >= 0.3 is 6.18 Å². The number of thioether (sulfide) groups is 1. The number of halogens is 3. The van der Waals surface area contributed by atoms with Crippen LogP contribution in [0.4, 0.5) is 18.9 Å². The summed E-state index contributed by atoms with van der Waals surface area (Å²) in [5, 5.41) is 3.39. The van der Waals surface area contributed by atoms with Crippen LogP contribution in [-0.2, 0) is 11.0 Å². The fourth-order valence-electron chi connectivity index (χ4n) is 3.12. The van der Waals surface area contributed by atoms with Crippen LogP contribution in [0, 0.1) is 0 Å². The van der Waals surface area contributed by atoms with Gasteiger partial charge in [-0.1, -0.05) is 11.8 Å². The molecule has 2 heterocycles. The van der Waals surface area contributed by atoms with Crippen molar-refractivity contribution in [2.75, 3.05) is 30.9 Å². The molecule has 29 heavy (non-hydrogen) atoms. The molecule has 5 nitrogen and oxygen atoms in total. The number of alkyl halides is 3. The summed E-state index contributed by atoms with van der Waals surface area (Å²) in [7, 11) is 1.63. The number of piperidine rings is 1. The maximum Gasteiger partial charge on any atom is 0.417 e. The standard InChI is InChI=1S/C20H22F3N3O2S/c1-28-17-5-3-16(4-6-17)26-10-8-15(9-11-26)25-18(27)13-29-19-7-2-14(12-24-19)20(21,22)23/h2-7,12,15H,8-11,13H2,1H3,(H,25,27). The molecule has 1 aromatic carbocycles. The number of methoxy groups -OCH3 is 1. The number of nitrogens with one attached hydrogen (secondary N) is 1. The van der Waals surface area contributed by atoms with Gasteiger partial charge in [0.05, 0.1) is 23.5 Å². The summed E-state index contributed by atoms with van der Waals surface area (Å²) in [6.45, 7) is 1.68. The number of hydrogen-bond donors (Lipinski definition) is 1. The highest BCUT2D eigenvalue weighted by molar-refractivity contribution is 7.99. The molecule has 0 radical (unpaired) electrons. The normalized spacial score (nSPS) is 15.2. The minimum absolute atomic E-state index is 0.0955. The monoisotopic (exact) mass is 425 g/mol. The Kier molecular flexibility index (Phi) is 6.89. The van der Waals surface area contributed by atoms with E-state index in [4.69, 9.17) is 4.74 Å². The molecule has 1 aromatic heterocycles. The summed E-state index contributed by atoms with van der Waals surface area (Å²) in [4.78, 5) is 18.2. The van der Waals surface area contributed by atoms with Gasteiger partial charge in [0.15, 0.2) is 0 Å². The summed E-state index contributed by atoms with van der Waals surface area (Å²) in [6.07, 6.45) is -1.95. The zero-order valence-electron chi connectivity index (χ0n) is 15.9. The topological polar surface area (TPSA) is 54.5 Å². The van der Waals surface area contributed by atoms with Gasteiger partial charge < -0.3 is 15.0 Å². The molecule has 9 heteroatoms. The number of carbonyl (C=O) groups excluding carboxylic acids is 1. The van der Waals surface area contributed by atoms with Crippen LogP contribution < -0.4 is 15.0 Å². The lowest BCUT2D eigenvalue weighted by Crippen LogP contribution is -2.45. The zero-order valence-corrected chi connectivity index (χ0v) is 16.7. The van der Waals surface area contributed by atoms with Gasteiger partial charge in [-0.3, -0.25) is 4.79 Å². The molecule has 2 aromatic rings. The Bertz CT molecular complexity index is 805. The van der Waals surface area contributed by atoms with Crippen LogP contribution in [0.5, 0.6) is 5.75 Å². The van der Waals surface area contributed by atoms with Crippen molar-refractivity contribution in [3.05, 3.63) is 48.2 Å². The molecule has 1 fully saturated rings. The third-order valence-electron chi connectivity index (χ3n) is 4.71. The van der Waals surface area contributed by atoms with Crippen molar-refractivity contribution >= 4 is 23.4 Å².